The van der Waals surface area contributed by atoms with Gasteiger partial charge >= 0.3 is 0 Å². The predicted octanol–water partition coefficient (Wildman–Crippen LogP) is 1.85. The van der Waals surface area contributed by atoms with Gasteiger partial charge in [-0.05, 0) is 32.0 Å². The van der Waals surface area contributed by atoms with Crippen LogP contribution in [0.3, 0.4) is 0 Å². The summed E-state index contributed by atoms with van der Waals surface area (Å²) in [6.45, 7) is 4.65. The van der Waals surface area contributed by atoms with E-state index in [1.54, 1.807) is 18.2 Å². The van der Waals surface area contributed by atoms with Crippen molar-refractivity contribution in [1.82, 2.24) is 9.78 Å². The quantitative estimate of drug-likeness (QED) is 0.934. The first kappa shape index (κ1) is 15.1. The fourth-order valence-corrected chi connectivity index (χ4v) is 2.23. The Labute approximate surface area is 132 Å². The smallest absolute Gasteiger partial charge is 0.276 e. The average Bonchev–Trinajstić information content (AvgIpc) is 2.54. The zero-order valence-corrected chi connectivity index (χ0v) is 12.9. The maximum absolute atomic E-state index is 12.3. The van der Waals surface area contributed by atoms with E-state index in [0.717, 1.165) is 0 Å². The van der Waals surface area contributed by atoms with Crippen molar-refractivity contribution in [2.45, 2.75) is 19.9 Å². The van der Waals surface area contributed by atoms with Gasteiger partial charge in [0.05, 0.1) is 6.04 Å². The summed E-state index contributed by atoms with van der Waals surface area (Å²) >= 11 is 0. The highest BCUT2D eigenvalue weighted by molar-refractivity contribution is 6.02. The van der Waals surface area contributed by atoms with E-state index in [0.29, 0.717) is 30.4 Å². The largest absolute Gasteiger partial charge is 0.486 e. The van der Waals surface area contributed by atoms with Gasteiger partial charge in [-0.3, -0.25) is 9.59 Å². The Balaban J connectivity index is 1.82. The standard InChI is InChI=1S/C16H17N3O4/c1-10(2)19-15(20)6-4-12(18-19)16(21)17-11-3-5-13-14(9-11)23-8-7-22-13/h3-6,9-10H,7-8H2,1-2H3,(H,17,21). The molecular formula is C16H17N3O4. The Bertz CT molecular complexity index is 798. The Hall–Kier alpha value is -2.83. The van der Waals surface area contributed by atoms with Crippen LogP contribution in [0.2, 0.25) is 0 Å². The normalized spacial score (nSPS) is 13.0. The van der Waals surface area contributed by atoms with E-state index < -0.39 is 5.91 Å². The van der Waals surface area contributed by atoms with Crippen LogP contribution in [0.4, 0.5) is 5.69 Å². The number of hydrogen-bond donors (Lipinski definition) is 1. The molecule has 1 aromatic heterocycles. The number of nitrogens with zero attached hydrogens (tertiary/aromatic N) is 2. The molecule has 0 atom stereocenters. The summed E-state index contributed by atoms with van der Waals surface area (Å²) in [6.07, 6.45) is 0. The summed E-state index contributed by atoms with van der Waals surface area (Å²) in [4.78, 5) is 24.0. The molecule has 0 spiro atoms. The van der Waals surface area contributed by atoms with Gasteiger partial charge in [-0.1, -0.05) is 0 Å². The predicted molar refractivity (Wildman–Crippen MR) is 84.3 cm³/mol. The van der Waals surface area contributed by atoms with Gasteiger partial charge in [0.15, 0.2) is 11.5 Å². The van der Waals surface area contributed by atoms with Crippen LogP contribution in [-0.2, 0) is 0 Å². The van der Waals surface area contributed by atoms with Gasteiger partial charge < -0.3 is 14.8 Å². The summed E-state index contributed by atoms with van der Waals surface area (Å²) in [5.41, 5.74) is 0.507. The summed E-state index contributed by atoms with van der Waals surface area (Å²) in [5.74, 6) is 0.853. The van der Waals surface area contributed by atoms with Crippen LogP contribution in [0.1, 0.15) is 30.4 Å². The van der Waals surface area contributed by atoms with Crippen molar-refractivity contribution in [2.24, 2.45) is 0 Å². The second-order valence-corrected chi connectivity index (χ2v) is 5.41. The minimum atomic E-state index is -0.393. The molecule has 0 aliphatic carbocycles. The Morgan fingerprint density at radius 3 is 2.65 bits per heavy atom. The zero-order chi connectivity index (χ0) is 16.4. The lowest BCUT2D eigenvalue weighted by molar-refractivity contribution is 0.101. The number of nitrogens with one attached hydrogen (secondary N) is 1. The molecule has 0 fully saturated rings. The molecule has 120 valence electrons. The van der Waals surface area contributed by atoms with E-state index >= 15 is 0 Å². The third kappa shape index (κ3) is 3.18. The van der Waals surface area contributed by atoms with Crippen molar-refractivity contribution in [3.8, 4) is 11.5 Å². The van der Waals surface area contributed by atoms with Crippen molar-refractivity contribution in [3.63, 3.8) is 0 Å². The fourth-order valence-electron chi connectivity index (χ4n) is 2.23. The molecule has 23 heavy (non-hydrogen) atoms. The topological polar surface area (TPSA) is 82.5 Å². The van der Waals surface area contributed by atoms with Crippen LogP contribution in [0, 0.1) is 0 Å². The number of fused-ring (bicyclic) bond motifs is 1. The third-order valence-corrected chi connectivity index (χ3v) is 3.35. The van der Waals surface area contributed by atoms with Crippen molar-refractivity contribution < 1.29 is 14.3 Å². The maximum Gasteiger partial charge on any atom is 0.276 e. The molecule has 0 unspecified atom stereocenters. The Kier molecular flexibility index (Phi) is 4.01. The highest BCUT2D eigenvalue weighted by atomic mass is 16.6. The molecule has 0 saturated carbocycles. The molecule has 7 nitrogen and oxygen atoms in total. The van der Waals surface area contributed by atoms with E-state index in [4.69, 9.17) is 9.47 Å². The Morgan fingerprint density at radius 1 is 1.17 bits per heavy atom. The van der Waals surface area contributed by atoms with Crippen LogP contribution < -0.4 is 20.3 Å². The Morgan fingerprint density at radius 2 is 1.91 bits per heavy atom. The average molecular weight is 315 g/mol. The molecule has 1 aliphatic heterocycles. The van der Waals surface area contributed by atoms with Crippen LogP contribution in [0.5, 0.6) is 11.5 Å². The van der Waals surface area contributed by atoms with Gasteiger partial charge in [0.25, 0.3) is 11.5 Å². The maximum atomic E-state index is 12.3. The zero-order valence-electron chi connectivity index (χ0n) is 12.9. The number of amides is 1. The van der Waals surface area contributed by atoms with Gasteiger partial charge in [0.2, 0.25) is 0 Å². The molecule has 0 saturated heterocycles. The molecule has 7 heteroatoms. The van der Waals surface area contributed by atoms with Crippen molar-refractivity contribution in [1.29, 1.82) is 0 Å². The number of rotatable bonds is 3. The molecule has 0 bridgehead atoms. The first-order valence-electron chi connectivity index (χ1n) is 7.35. The number of carbonyl (C=O) groups is 1. The highest BCUT2D eigenvalue weighted by Crippen LogP contribution is 2.32. The van der Waals surface area contributed by atoms with Gasteiger partial charge in [0, 0.05) is 17.8 Å². The van der Waals surface area contributed by atoms with Crippen molar-refractivity contribution in [2.75, 3.05) is 18.5 Å². The second-order valence-electron chi connectivity index (χ2n) is 5.41. The monoisotopic (exact) mass is 315 g/mol. The van der Waals surface area contributed by atoms with E-state index in [1.807, 2.05) is 13.8 Å². The van der Waals surface area contributed by atoms with Gasteiger partial charge in [-0.25, -0.2) is 4.68 Å². The van der Waals surface area contributed by atoms with E-state index in [1.165, 1.54) is 16.8 Å². The molecule has 2 heterocycles. The third-order valence-electron chi connectivity index (χ3n) is 3.35. The van der Waals surface area contributed by atoms with E-state index in [-0.39, 0.29) is 17.3 Å². The molecular weight excluding hydrogens is 298 g/mol. The SMILES string of the molecule is CC(C)n1nc(C(=O)Nc2ccc3c(c2)OCCO3)ccc1=O. The molecule has 1 aromatic carbocycles. The highest BCUT2D eigenvalue weighted by Gasteiger charge is 2.15. The first-order chi connectivity index (χ1) is 11.0. The lowest BCUT2D eigenvalue weighted by Gasteiger charge is -2.19. The number of anilines is 1. The van der Waals surface area contributed by atoms with E-state index in [9.17, 15) is 9.59 Å². The summed E-state index contributed by atoms with van der Waals surface area (Å²) in [7, 11) is 0. The second kappa shape index (κ2) is 6.12. The van der Waals surface area contributed by atoms with Gasteiger partial charge in [0.1, 0.15) is 18.9 Å². The van der Waals surface area contributed by atoms with Crippen molar-refractivity contribution >= 4 is 11.6 Å². The summed E-state index contributed by atoms with van der Waals surface area (Å²) in [6, 6.07) is 7.80. The number of ether oxygens (including phenoxy) is 2. The summed E-state index contributed by atoms with van der Waals surface area (Å²) in [5, 5.41) is 6.83. The van der Waals surface area contributed by atoms with Gasteiger partial charge in [-0.2, -0.15) is 5.10 Å². The molecule has 2 aromatic rings. The number of aromatic nitrogens is 2. The summed E-state index contributed by atoms with van der Waals surface area (Å²) < 4.78 is 12.2. The fraction of sp³-hybridized carbons (Fsp3) is 0.312. The molecule has 1 amide bonds. The van der Waals surface area contributed by atoms with E-state index in [2.05, 4.69) is 10.4 Å². The molecule has 3 rings (SSSR count). The molecule has 0 radical (unpaired) electrons. The minimum absolute atomic E-state index is 0.121. The number of hydrogen-bond acceptors (Lipinski definition) is 5. The van der Waals surface area contributed by atoms with Crippen LogP contribution in [0.25, 0.3) is 0 Å². The number of carbonyl (C=O) groups excluding carboxylic acids is 1. The first-order valence-corrected chi connectivity index (χ1v) is 7.35. The lowest BCUT2D eigenvalue weighted by Crippen LogP contribution is -2.27. The minimum Gasteiger partial charge on any atom is -0.486 e. The lowest BCUT2D eigenvalue weighted by atomic mass is 10.2. The van der Waals surface area contributed by atoms with Crippen molar-refractivity contribution in [3.05, 3.63) is 46.4 Å². The number of benzene rings is 1. The van der Waals surface area contributed by atoms with Crippen LogP contribution >= 0.6 is 0 Å². The molecule has 1 aliphatic rings. The van der Waals surface area contributed by atoms with Crippen LogP contribution in [0.15, 0.2) is 35.1 Å². The van der Waals surface area contributed by atoms with Crippen LogP contribution in [-0.4, -0.2) is 28.9 Å². The molecule has 1 N–H and O–H groups in total. The van der Waals surface area contributed by atoms with Gasteiger partial charge in [-0.15, -0.1) is 0 Å².